The highest BCUT2D eigenvalue weighted by Gasteiger charge is 2.44. The van der Waals surface area contributed by atoms with Gasteiger partial charge >= 0.3 is 0 Å². The minimum atomic E-state index is -0.601. The number of hydrogen-bond acceptors (Lipinski definition) is 5. The highest BCUT2D eigenvalue weighted by molar-refractivity contribution is 6.05. The number of unbranched alkanes of at least 4 members (excludes halogenated alkanes) is 2. The second-order valence-corrected chi connectivity index (χ2v) is 10.8. The van der Waals surface area contributed by atoms with Crippen LogP contribution >= 0.6 is 0 Å². The molecule has 1 amide bonds. The van der Waals surface area contributed by atoms with Crippen molar-refractivity contribution >= 4 is 11.6 Å². The van der Waals surface area contributed by atoms with E-state index < -0.39 is 6.67 Å². The molecular weight excluding hydrogens is 469 g/mol. The summed E-state index contributed by atoms with van der Waals surface area (Å²) in [5, 5.41) is 8.84. The molecule has 8 heteroatoms. The first-order valence-corrected chi connectivity index (χ1v) is 13.4. The second-order valence-electron chi connectivity index (χ2n) is 10.8. The van der Waals surface area contributed by atoms with Crippen LogP contribution in [0.3, 0.4) is 0 Å². The molecular formula is C29H36FN5O2. The van der Waals surface area contributed by atoms with Gasteiger partial charge in [-0.3, -0.25) is 13.9 Å². The van der Waals surface area contributed by atoms with Crippen molar-refractivity contribution in [1.82, 2.24) is 19.9 Å². The number of alkyl halides is 1. The molecule has 0 spiro atoms. The smallest absolute Gasteiger partial charge is 0.253 e. The van der Waals surface area contributed by atoms with Gasteiger partial charge in [-0.25, -0.2) is 0 Å². The van der Waals surface area contributed by atoms with Crippen molar-refractivity contribution < 1.29 is 13.7 Å². The normalized spacial score (nSPS) is 16.1. The lowest BCUT2D eigenvalue weighted by molar-refractivity contribution is -0.115. The summed E-state index contributed by atoms with van der Waals surface area (Å²) in [5.41, 5.74) is 4.27. The molecule has 0 atom stereocenters. The van der Waals surface area contributed by atoms with Crippen molar-refractivity contribution in [2.24, 2.45) is 7.05 Å². The van der Waals surface area contributed by atoms with Gasteiger partial charge in [-0.15, -0.1) is 0 Å². The number of nitrogens with zero attached hydrogens (tertiary/aromatic N) is 5. The van der Waals surface area contributed by atoms with Crippen molar-refractivity contribution in [3.8, 4) is 11.4 Å². The first kappa shape index (κ1) is 25.4. The summed E-state index contributed by atoms with van der Waals surface area (Å²) in [4.78, 5) is 19.5. The van der Waals surface area contributed by atoms with Crippen molar-refractivity contribution in [1.29, 1.82) is 0 Å². The average molecular weight is 506 g/mol. The van der Waals surface area contributed by atoms with Gasteiger partial charge in [-0.1, -0.05) is 37.2 Å². The van der Waals surface area contributed by atoms with Crippen molar-refractivity contribution in [3.63, 3.8) is 0 Å². The molecule has 0 unspecified atom stereocenters. The van der Waals surface area contributed by atoms with Crippen LogP contribution in [0, 0.1) is 0 Å². The van der Waals surface area contributed by atoms with E-state index in [4.69, 9.17) is 4.52 Å². The van der Waals surface area contributed by atoms with E-state index in [0.29, 0.717) is 24.2 Å². The molecule has 0 saturated heterocycles. The van der Waals surface area contributed by atoms with Gasteiger partial charge in [0, 0.05) is 53.9 Å². The summed E-state index contributed by atoms with van der Waals surface area (Å²) in [7, 11) is 2.02. The Morgan fingerprint density at radius 1 is 1.24 bits per heavy atom. The van der Waals surface area contributed by atoms with Gasteiger partial charge in [-0.2, -0.15) is 10.1 Å². The quantitative estimate of drug-likeness (QED) is 0.208. The van der Waals surface area contributed by atoms with E-state index in [2.05, 4.69) is 34.8 Å². The monoisotopic (exact) mass is 505 g/mol. The molecule has 2 aromatic heterocycles. The number of halogens is 1. The lowest BCUT2D eigenvalue weighted by Crippen LogP contribution is -2.33. The summed E-state index contributed by atoms with van der Waals surface area (Å²) in [6.07, 6.45) is 8.42. The topological polar surface area (TPSA) is 77.0 Å². The Morgan fingerprint density at radius 3 is 2.78 bits per heavy atom. The minimum absolute atomic E-state index is 0.0100. The number of anilines is 1. The number of carbonyl (C=O) groups is 1. The van der Waals surface area contributed by atoms with Gasteiger partial charge in [-0.05, 0) is 63.1 Å². The summed E-state index contributed by atoms with van der Waals surface area (Å²) in [6, 6.07) is 9.84. The molecule has 2 saturated carbocycles. The number of benzene rings is 1. The van der Waals surface area contributed by atoms with Crippen LogP contribution in [0.5, 0.6) is 0 Å². The fourth-order valence-corrected chi connectivity index (χ4v) is 4.66. The first-order valence-electron chi connectivity index (χ1n) is 13.4. The van der Waals surface area contributed by atoms with E-state index in [9.17, 15) is 9.18 Å². The molecule has 2 aliphatic carbocycles. The molecule has 0 aliphatic heterocycles. The van der Waals surface area contributed by atoms with Gasteiger partial charge in [0.05, 0.1) is 12.4 Å². The van der Waals surface area contributed by atoms with E-state index in [1.165, 1.54) is 24.2 Å². The zero-order valence-corrected chi connectivity index (χ0v) is 21.9. The van der Waals surface area contributed by atoms with Crippen molar-refractivity contribution in [2.45, 2.75) is 76.0 Å². The van der Waals surface area contributed by atoms with Gasteiger partial charge in [0.1, 0.15) is 0 Å². The van der Waals surface area contributed by atoms with Crippen LogP contribution in [-0.4, -0.2) is 39.0 Å². The van der Waals surface area contributed by atoms with Gasteiger partial charge in [0.25, 0.3) is 5.91 Å². The molecule has 2 aliphatic rings. The Balaban J connectivity index is 1.24. The van der Waals surface area contributed by atoms with E-state index in [0.717, 1.165) is 49.8 Å². The number of amides is 1. The number of hydrogen-bond donors (Lipinski definition) is 0. The SMILES string of the molecule is C=C(CCF)C(=O)N(CCCCCc1cc(C2CC2)nn1C)c1cccc(-c2noc(C3(C)CC3)n2)c1. The van der Waals surface area contributed by atoms with Gasteiger partial charge < -0.3 is 9.42 Å². The molecule has 37 heavy (non-hydrogen) atoms. The highest BCUT2D eigenvalue weighted by atomic mass is 19.1. The molecule has 2 heterocycles. The van der Waals surface area contributed by atoms with E-state index in [1.54, 1.807) is 4.90 Å². The number of carbonyl (C=O) groups excluding carboxylic acids is 1. The van der Waals surface area contributed by atoms with E-state index >= 15 is 0 Å². The molecule has 5 rings (SSSR count). The predicted octanol–water partition coefficient (Wildman–Crippen LogP) is 6.06. The Labute approximate surface area is 217 Å². The second kappa shape index (κ2) is 10.6. The van der Waals surface area contributed by atoms with Crippen LogP contribution in [0.2, 0.25) is 0 Å². The standard InChI is InChI=1S/C29H36FN5O2/c1-20(13-16-30)27(36)35(17-6-4-5-9-23-19-25(21-11-12-21)32-34(23)3)24-10-7-8-22(18-24)26-31-28(37-33-26)29(2)14-15-29/h7-8,10,18-19,21H,1,4-6,9,11-17H2,2-3H3. The largest absolute Gasteiger partial charge is 0.338 e. The van der Waals surface area contributed by atoms with E-state index in [1.807, 2.05) is 36.0 Å². The summed E-state index contributed by atoms with van der Waals surface area (Å²) < 4.78 is 20.5. The summed E-state index contributed by atoms with van der Waals surface area (Å²) in [6.45, 7) is 5.90. The summed E-state index contributed by atoms with van der Waals surface area (Å²) in [5.74, 6) is 1.59. The van der Waals surface area contributed by atoms with Crippen LogP contribution in [0.15, 0.2) is 47.0 Å². The number of rotatable bonds is 13. The zero-order chi connectivity index (χ0) is 26.0. The third-order valence-electron chi connectivity index (χ3n) is 7.61. The highest BCUT2D eigenvalue weighted by Crippen LogP contribution is 2.47. The molecule has 2 fully saturated rings. The summed E-state index contributed by atoms with van der Waals surface area (Å²) >= 11 is 0. The molecule has 0 radical (unpaired) electrons. The zero-order valence-electron chi connectivity index (χ0n) is 21.9. The lowest BCUT2D eigenvalue weighted by atomic mass is 10.1. The molecule has 3 aromatic rings. The molecule has 0 bridgehead atoms. The van der Waals surface area contributed by atoms with Crippen molar-refractivity contribution in [2.75, 3.05) is 18.1 Å². The molecule has 1 aromatic carbocycles. The fourth-order valence-electron chi connectivity index (χ4n) is 4.66. The Morgan fingerprint density at radius 2 is 2.05 bits per heavy atom. The number of aromatic nitrogens is 4. The fraction of sp³-hybridized carbons (Fsp3) is 0.517. The van der Waals surface area contributed by atoms with Gasteiger partial charge in [0.2, 0.25) is 11.7 Å². The van der Waals surface area contributed by atoms with Crippen LogP contribution in [0.4, 0.5) is 10.1 Å². The lowest BCUT2D eigenvalue weighted by Gasteiger charge is -2.24. The third kappa shape index (κ3) is 5.84. The van der Waals surface area contributed by atoms with Crippen LogP contribution < -0.4 is 4.90 Å². The minimum Gasteiger partial charge on any atom is -0.338 e. The maximum Gasteiger partial charge on any atom is 0.253 e. The van der Waals surface area contributed by atoms with Crippen molar-refractivity contribution in [3.05, 3.63) is 59.8 Å². The Hall–Kier alpha value is -3.29. The third-order valence-corrected chi connectivity index (χ3v) is 7.61. The molecule has 7 nitrogen and oxygen atoms in total. The predicted molar refractivity (Wildman–Crippen MR) is 141 cm³/mol. The van der Waals surface area contributed by atoms with Gasteiger partial charge in [0.15, 0.2) is 0 Å². The average Bonchev–Trinajstić information content (AvgIpc) is 3.79. The Kier molecular flexibility index (Phi) is 7.26. The first-order chi connectivity index (χ1) is 17.9. The van der Waals surface area contributed by atoms with Crippen LogP contribution in [0.1, 0.15) is 81.5 Å². The molecule has 196 valence electrons. The number of aryl methyl sites for hydroxylation is 2. The maximum atomic E-state index is 13.2. The maximum absolute atomic E-state index is 13.2. The van der Waals surface area contributed by atoms with Crippen LogP contribution in [0.25, 0.3) is 11.4 Å². The Bertz CT molecular complexity index is 1270. The van der Waals surface area contributed by atoms with Crippen LogP contribution in [-0.2, 0) is 23.7 Å². The molecule has 0 N–H and O–H groups in total. The van der Waals surface area contributed by atoms with E-state index in [-0.39, 0.29) is 23.3 Å².